The van der Waals surface area contributed by atoms with Crippen LogP contribution < -0.4 is 10.6 Å². The lowest BCUT2D eigenvalue weighted by atomic mass is 9.72. The molecular weight excluding hydrogens is 302 g/mol. The molecule has 0 amide bonds. The third-order valence-corrected chi connectivity index (χ3v) is 5.05. The van der Waals surface area contributed by atoms with E-state index >= 15 is 0 Å². The number of benzene rings is 1. The zero-order valence-corrected chi connectivity index (χ0v) is 12.9. The summed E-state index contributed by atoms with van der Waals surface area (Å²) in [4.78, 5) is 5.01. The Morgan fingerprint density at radius 3 is 2.58 bits per heavy atom. The first-order valence-corrected chi connectivity index (χ1v) is 7.93. The second kappa shape index (κ2) is 5.43. The van der Waals surface area contributed by atoms with Crippen molar-refractivity contribution in [1.82, 2.24) is 4.90 Å². The third-order valence-electron chi connectivity index (χ3n) is 4.56. The van der Waals surface area contributed by atoms with E-state index in [1.807, 2.05) is 0 Å². The first-order chi connectivity index (χ1) is 9.21. The number of hydrogen-bond donors (Lipinski definition) is 1. The zero-order chi connectivity index (χ0) is 13.3. The number of halogens is 1. The van der Waals surface area contributed by atoms with Gasteiger partial charge in [-0.1, -0.05) is 22.0 Å². The standard InChI is InChI=1S/C15H22BrN3/c16-13-2-1-3-14(10-13)19-7-4-15(5-8-19)11-18(12-15)9-6-17/h1-3,10H,4-9,11-12,17H2. The fourth-order valence-corrected chi connectivity index (χ4v) is 3.86. The highest BCUT2D eigenvalue weighted by molar-refractivity contribution is 9.10. The van der Waals surface area contributed by atoms with E-state index in [9.17, 15) is 0 Å². The molecule has 1 aromatic carbocycles. The monoisotopic (exact) mass is 323 g/mol. The molecule has 0 aromatic heterocycles. The first-order valence-electron chi connectivity index (χ1n) is 7.14. The molecule has 0 aliphatic carbocycles. The number of hydrogen-bond acceptors (Lipinski definition) is 3. The molecule has 1 spiro atoms. The van der Waals surface area contributed by atoms with E-state index in [-0.39, 0.29) is 0 Å². The number of nitrogens with two attached hydrogens (primary N) is 1. The molecule has 0 atom stereocenters. The molecule has 4 heteroatoms. The minimum Gasteiger partial charge on any atom is -0.371 e. The molecule has 104 valence electrons. The summed E-state index contributed by atoms with van der Waals surface area (Å²) in [5.74, 6) is 0. The van der Waals surface area contributed by atoms with Crippen LogP contribution in [-0.4, -0.2) is 44.2 Å². The van der Waals surface area contributed by atoms with Crippen LogP contribution in [0.4, 0.5) is 5.69 Å². The molecular formula is C15H22BrN3. The van der Waals surface area contributed by atoms with Gasteiger partial charge in [0.25, 0.3) is 0 Å². The van der Waals surface area contributed by atoms with Gasteiger partial charge in [-0.05, 0) is 36.5 Å². The second-order valence-electron chi connectivity index (χ2n) is 5.97. The van der Waals surface area contributed by atoms with E-state index in [0.29, 0.717) is 5.41 Å². The quantitative estimate of drug-likeness (QED) is 0.926. The molecule has 2 N–H and O–H groups in total. The van der Waals surface area contributed by atoms with Crippen molar-refractivity contribution in [3.63, 3.8) is 0 Å². The van der Waals surface area contributed by atoms with Gasteiger partial charge in [-0.25, -0.2) is 0 Å². The van der Waals surface area contributed by atoms with Gasteiger partial charge in [0.05, 0.1) is 0 Å². The number of rotatable bonds is 3. The Hall–Kier alpha value is -0.580. The van der Waals surface area contributed by atoms with Gasteiger partial charge in [-0.3, -0.25) is 0 Å². The Balaban J connectivity index is 1.56. The molecule has 3 nitrogen and oxygen atoms in total. The number of likely N-dealkylation sites (tertiary alicyclic amines) is 1. The lowest BCUT2D eigenvalue weighted by molar-refractivity contribution is -0.0158. The van der Waals surface area contributed by atoms with E-state index in [1.54, 1.807) is 0 Å². The van der Waals surface area contributed by atoms with Crippen LogP contribution in [0, 0.1) is 5.41 Å². The van der Waals surface area contributed by atoms with Gasteiger partial charge >= 0.3 is 0 Å². The Morgan fingerprint density at radius 2 is 1.95 bits per heavy atom. The van der Waals surface area contributed by atoms with Crippen LogP contribution in [0.2, 0.25) is 0 Å². The predicted molar refractivity (Wildman–Crippen MR) is 83.5 cm³/mol. The van der Waals surface area contributed by atoms with Gasteiger partial charge in [0.15, 0.2) is 0 Å². The number of anilines is 1. The van der Waals surface area contributed by atoms with Crippen molar-refractivity contribution in [2.45, 2.75) is 12.8 Å². The molecule has 2 saturated heterocycles. The minimum atomic E-state index is 0.595. The number of nitrogens with zero attached hydrogens (tertiary/aromatic N) is 2. The Morgan fingerprint density at radius 1 is 1.21 bits per heavy atom. The summed E-state index contributed by atoms with van der Waals surface area (Å²) in [5.41, 5.74) is 7.56. The van der Waals surface area contributed by atoms with Crippen LogP contribution in [0.5, 0.6) is 0 Å². The lowest BCUT2D eigenvalue weighted by Crippen LogP contribution is -2.61. The highest BCUT2D eigenvalue weighted by Gasteiger charge is 2.44. The maximum atomic E-state index is 5.61. The van der Waals surface area contributed by atoms with Crippen molar-refractivity contribution < 1.29 is 0 Å². The zero-order valence-electron chi connectivity index (χ0n) is 11.3. The molecule has 2 aliphatic rings. The molecule has 1 aromatic rings. The van der Waals surface area contributed by atoms with Crippen LogP contribution in [0.15, 0.2) is 28.7 Å². The summed E-state index contributed by atoms with van der Waals surface area (Å²) in [6, 6.07) is 8.64. The molecule has 2 fully saturated rings. The van der Waals surface area contributed by atoms with Crippen molar-refractivity contribution in [1.29, 1.82) is 0 Å². The maximum absolute atomic E-state index is 5.61. The summed E-state index contributed by atoms with van der Waals surface area (Å²) < 4.78 is 1.17. The Kier molecular flexibility index (Phi) is 3.83. The van der Waals surface area contributed by atoms with E-state index < -0.39 is 0 Å². The Labute approximate surface area is 123 Å². The van der Waals surface area contributed by atoms with E-state index in [2.05, 4.69) is 50.0 Å². The van der Waals surface area contributed by atoms with Crippen molar-refractivity contribution in [3.8, 4) is 0 Å². The van der Waals surface area contributed by atoms with Crippen LogP contribution in [0.25, 0.3) is 0 Å². The molecule has 2 heterocycles. The van der Waals surface area contributed by atoms with E-state index in [1.165, 1.54) is 49.2 Å². The van der Waals surface area contributed by atoms with E-state index in [4.69, 9.17) is 5.73 Å². The average molecular weight is 324 g/mol. The summed E-state index contributed by atoms with van der Waals surface area (Å²) in [5, 5.41) is 0. The topological polar surface area (TPSA) is 32.5 Å². The van der Waals surface area contributed by atoms with Gasteiger partial charge < -0.3 is 15.5 Å². The van der Waals surface area contributed by atoms with Gasteiger partial charge in [0.2, 0.25) is 0 Å². The fourth-order valence-electron chi connectivity index (χ4n) is 3.47. The lowest BCUT2D eigenvalue weighted by Gasteiger charge is -2.54. The molecule has 0 unspecified atom stereocenters. The Bertz CT molecular complexity index is 433. The maximum Gasteiger partial charge on any atom is 0.0377 e. The SMILES string of the molecule is NCCN1CC2(CCN(c3cccc(Br)c3)CC2)C1. The third kappa shape index (κ3) is 2.81. The number of piperidine rings is 1. The minimum absolute atomic E-state index is 0.595. The van der Waals surface area contributed by atoms with Crippen molar-refractivity contribution >= 4 is 21.6 Å². The summed E-state index contributed by atoms with van der Waals surface area (Å²) >= 11 is 3.56. The largest absolute Gasteiger partial charge is 0.371 e. The summed E-state index contributed by atoms with van der Waals surface area (Å²) in [6.07, 6.45) is 2.64. The predicted octanol–water partition coefficient (Wildman–Crippen LogP) is 2.31. The highest BCUT2D eigenvalue weighted by atomic mass is 79.9. The van der Waals surface area contributed by atoms with Crippen molar-refractivity contribution in [2.24, 2.45) is 11.1 Å². The van der Waals surface area contributed by atoms with Gasteiger partial charge in [-0.2, -0.15) is 0 Å². The molecule has 0 saturated carbocycles. The normalized spacial score (nSPS) is 22.5. The second-order valence-corrected chi connectivity index (χ2v) is 6.88. The average Bonchev–Trinajstić information content (AvgIpc) is 2.38. The molecule has 3 rings (SSSR count). The van der Waals surface area contributed by atoms with Crippen molar-refractivity contribution in [3.05, 3.63) is 28.7 Å². The molecule has 0 bridgehead atoms. The van der Waals surface area contributed by atoms with Crippen LogP contribution in [-0.2, 0) is 0 Å². The first kappa shape index (κ1) is 13.4. The van der Waals surface area contributed by atoms with Gasteiger partial charge in [-0.15, -0.1) is 0 Å². The summed E-state index contributed by atoms with van der Waals surface area (Å²) in [7, 11) is 0. The van der Waals surface area contributed by atoms with Crippen LogP contribution in [0.3, 0.4) is 0 Å². The van der Waals surface area contributed by atoms with E-state index in [0.717, 1.165) is 13.1 Å². The van der Waals surface area contributed by atoms with Gasteiger partial charge in [0, 0.05) is 49.4 Å². The fraction of sp³-hybridized carbons (Fsp3) is 0.600. The smallest absolute Gasteiger partial charge is 0.0377 e. The van der Waals surface area contributed by atoms with Crippen LogP contribution >= 0.6 is 15.9 Å². The highest BCUT2D eigenvalue weighted by Crippen LogP contribution is 2.41. The van der Waals surface area contributed by atoms with Gasteiger partial charge in [0.1, 0.15) is 0 Å². The summed E-state index contributed by atoms with van der Waals surface area (Å²) in [6.45, 7) is 6.75. The molecule has 2 aliphatic heterocycles. The molecule has 0 radical (unpaired) electrons. The van der Waals surface area contributed by atoms with Crippen LogP contribution in [0.1, 0.15) is 12.8 Å². The molecule has 19 heavy (non-hydrogen) atoms. The van der Waals surface area contributed by atoms with Crippen molar-refractivity contribution in [2.75, 3.05) is 44.2 Å².